The fourth-order valence-corrected chi connectivity index (χ4v) is 2.84. The number of benzene rings is 2. The minimum Gasteiger partial charge on any atom is -0.492 e. The quantitative estimate of drug-likeness (QED) is 0.710. The zero-order valence-corrected chi connectivity index (χ0v) is 15.4. The molecule has 5 nitrogen and oxygen atoms in total. The first-order valence-electron chi connectivity index (χ1n) is 9.10. The van der Waals surface area contributed by atoms with E-state index in [1.54, 1.807) is 42.3 Å². The number of likely N-dealkylation sites (N-methyl/N-ethyl adjacent to an activating group) is 1. The summed E-state index contributed by atoms with van der Waals surface area (Å²) < 4.78 is 29.7. The zero-order chi connectivity index (χ0) is 19.1. The molecule has 1 atom stereocenters. The number of amides is 1. The Labute approximate surface area is 158 Å². The number of hydrogen-bond donors (Lipinski definition) is 0. The van der Waals surface area contributed by atoms with E-state index in [9.17, 15) is 9.18 Å². The van der Waals surface area contributed by atoms with E-state index in [0.29, 0.717) is 36.8 Å². The van der Waals surface area contributed by atoms with Crippen LogP contribution in [0.2, 0.25) is 0 Å². The third-order valence-electron chi connectivity index (χ3n) is 4.40. The van der Waals surface area contributed by atoms with Gasteiger partial charge in [0.1, 0.15) is 30.5 Å². The summed E-state index contributed by atoms with van der Waals surface area (Å²) in [5.41, 5.74) is 0.559. The van der Waals surface area contributed by atoms with E-state index in [-0.39, 0.29) is 17.8 Å². The summed E-state index contributed by atoms with van der Waals surface area (Å²) in [6.07, 6.45) is 2.21. The molecule has 0 spiro atoms. The average molecular weight is 373 g/mol. The minimum absolute atomic E-state index is 0.111. The molecule has 0 radical (unpaired) electrons. The Hall–Kier alpha value is -2.60. The predicted octanol–water partition coefficient (Wildman–Crippen LogP) is 3.53. The van der Waals surface area contributed by atoms with Crippen molar-refractivity contribution >= 4 is 5.91 Å². The molecule has 1 aliphatic rings. The molecule has 1 amide bonds. The summed E-state index contributed by atoms with van der Waals surface area (Å²) in [5.74, 6) is 0.811. The molecule has 1 fully saturated rings. The van der Waals surface area contributed by atoms with Crippen LogP contribution in [0.25, 0.3) is 0 Å². The second-order valence-electron chi connectivity index (χ2n) is 6.50. The summed E-state index contributed by atoms with van der Waals surface area (Å²) in [7, 11) is 1.72. The normalized spacial score (nSPS) is 16.1. The second-order valence-corrected chi connectivity index (χ2v) is 6.50. The van der Waals surface area contributed by atoms with Crippen LogP contribution in [-0.4, -0.2) is 50.3 Å². The Bertz CT molecular complexity index is 744. The van der Waals surface area contributed by atoms with Gasteiger partial charge < -0.3 is 19.1 Å². The van der Waals surface area contributed by atoms with Crippen molar-refractivity contribution in [1.82, 2.24) is 4.90 Å². The van der Waals surface area contributed by atoms with Crippen molar-refractivity contribution in [3.05, 3.63) is 59.9 Å². The monoisotopic (exact) mass is 373 g/mol. The third kappa shape index (κ3) is 5.69. The molecule has 1 heterocycles. The van der Waals surface area contributed by atoms with Crippen molar-refractivity contribution in [3.63, 3.8) is 0 Å². The number of hydrogen-bond acceptors (Lipinski definition) is 4. The highest BCUT2D eigenvalue weighted by Crippen LogP contribution is 2.18. The van der Waals surface area contributed by atoms with Crippen LogP contribution >= 0.6 is 0 Å². The van der Waals surface area contributed by atoms with Gasteiger partial charge in [0.2, 0.25) is 0 Å². The van der Waals surface area contributed by atoms with E-state index in [1.165, 1.54) is 12.1 Å². The van der Waals surface area contributed by atoms with Crippen LogP contribution in [0, 0.1) is 5.82 Å². The van der Waals surface area contributed by atoms with Crippen molar-refractivity contribution < 1.29 is 23.4 Å². The highest BCUT2D eigenvalue weighted by Gasteiger charge is 2.17. The molecule has 0 bridgehead atoms. The maximum absolute atomic E-state index is 12.9. The second kappa shape index (κ2) is 9.37. The van der Waals surface area contributed by atoms with Crippen molar-refractivity contribution in [2.75, 3.05) is 33.4 Å². The van der Waals surface area contributed by atoms with E-state index < -0.39 is 0 Å². The van der Waals surface area contributed by atoms with Gasteiger partial charge in [-0.05, 0) is 55.3 Å². The van der Waals surface area contributed by atoms with E-state index in [1.807, 2.05) is 6.07 Å². The molecule has 0 N–H and O–H groups in total. The van der Waals surface area contributed by atoms with Crippen LogP contribution in [0.15, 0.2) is 48.5 Å². The summed E-state index contributed by atoms with van der Waals surface area (Å²) in [5, 5.41) is 0. The highest BCUT2D eigenvalue weighted by atomic mass is 19.1. The van der Waals surface area contributed by atoms with Crippen molar-refractivity contribution in [2.45, 2.75) is 18.9 Å². The molecule has 1 saturated heterocycles. The number of rotatable bonds is 8. The van der Waals surface area contributed by atoms with E-state index >= 15 is 0 Å². The largest absolute Gasteiger partial charge is 0.492 e. The number of halogens is 1. The number of ether oxygens (including phenoxy) is 3. The first-order chi connectivity index (χ1) is 13.1. The lowest BCUT2D eigenvalue weighted by Gasteiger charge is -2.18. The predicted molar refractivity (Wildman–Crippen MR) is 99.8 cm³/mol. The van der Waals surface area contributed by atoms with Gasteiger partial charge >= 0.3 is 0 Å². The van der Waals surface area contributed by atoms with Gasteiger partial charge in [-0.3, -0.25) is 4.79 Å². The van der Waals surface area contributed by atoms with Crippen LogP contribution < -0.4 is 9.47 Å². The Kier molecular flexibility index (Phi) is 6.65. The van der Waals surface area contributed by atoms with Gasteiger partial charge in [-0.15, -0.1) is 0 Å². The lowest BCUT2D eigenvalue weighted by Crippen LogP contribution is -2.30. The first-order valence-corrected chi connectivity index (χ1v) is 9.10. The van der Waals surface area contributed by atoms with Crippen LogP contribution in [0.4, 0.5) is 4.39 Å². The maximum Gasteiger partial charge on any atom is 0.253 e. The smallest absolute Gasteiger partial charge is 0.253 e. The first kappa shape index (κ1) is 19.2. The molecular weight excluding hydrogens is 349 g/mol. The Morgan fingerprint density at radius 3 is 2.74 bits per heavy atom. The zero-order valence-electron chi connectivity index (χ0n) is 15.4. The molecule has 6 heteroatoms. The molecule has 0 aliphatic carbocycles. The topological polar surface area (TPSA) is 48.0 Å². The van der Waals surface area contributed by atoms with E-state index in [2.05, 4.69) is 0 Å². The molecular formula is C21H24FNO4. The molecule has 2 aromatic carbocycles. The minimum atomic E-state index is -0.309. The standard InChI is InChI=1S/C21H24FNO4/c1-23(11-13-26-18-9-7-17(22)8-10-18)21(24)16-4-2-5-19(14-16)27-15-20-6-3-12-25-20/h2,4-5,7-10,14,20H,3,6,11-13,15H2,1H3/t20-/m1/s1. The average Bonchev–Trinajstić information content (AvgIpc) is 3.21. The van der Waals surface area contributed by atoms with Crippen molar-refractivity contribution in [1.29, 1.82) is 0 Å². The van der Waals surface area contributed by atoms with Gasteiger partial charge in [0.25, 0.3) is 5.91 Å². The number of nitrogens with zero attached hydrogens (tertiary/aromatic N) is 1. The molecule has 2 aromatic rings. The summed E-state index contributed by atoms with van der Waals surface area (Å²) in [6, 6.07) is 13.0. The number of carbonyl (C=O) groups excluding carboxylic acids is 1. The Balaban J connectivity index is 1.48. The van der Waals surface area contributed by atoms with Gasteiger partial charge in [-0.25, -0.2) is 4.39 Å². The van der Waals surface area contributed by atoms with E-state index in [4.69, 9.17) is 14.2 Å². The molecule has 3 rings (SSSR count). The SMILES string of the molecule is CN(CCOc1ccc(F)cc1)C(=O)c1cccc(OC[C@H]2CCCO2)c1. The fourth-order valence-electron chi connectivity index (χ4n) is 2.84. The summed E-state index contributed by atoms with van der Waals surface area (Å²) >= 11 is 0. The van der Waals surface area contributed by atoms with Gasteiger partial charge in [0, 0.05) is 19.2 Å². The van der Waals surface area contributed by atoms with Gasteiger partial charge in [-0.2, -0.15) is 0 Å². The van der Waals surface area contributed by atoms with Crippen LogP contribution in [-0.2, 0) is 4.74 Å². The molecule has 0 aromatic heterocycles. The van der Waals surface area contributed by atoms with Gasteiger partial charge in [-0.1, -0.05) is 6.07 Å². The Morgan fingerprint density at radius 2 is 2.00 bits per heavy atom. The number of carbonyl (C=O) groups is 1. The lowest BCUT2D eigenvalue weighted by atomic mass is 10.2. The summed E-state index contributed by atoms with van der Waals surface area (Å²) in [6.45, 7) is 2.02. The molecule has 1 aliphatic heterocycles. The van der Waals surface area contributed by atoms with E-state index in [0.717, 1.165) is 19.4 Å². The van der Waals surface area contributed by atoms with Crippen LogP contribution in [0.3, 0.4) is 0 Å². The van der Waals surface area contributed by atoms with Crippen molar-refractivity contribution in [3.8, 4) is 11.5 Å². The Morgan fingerprint density at radius 1 is 1.19 bits per heavy atom. The summed E-state index contributed by atoms with van der Waals surface area (Å²) in [4.78, 5) is 14.2. The maximum atomic E-state index is 12.9. The third-order valence-corrected chi connectivity index (χ3v) is 4.40. The molecule has 0 unspecified atom stereocenters. The molecule has 144 valence electrons. The lowest BCUT2D eigenvalue weighted by molar-refractivity contribution is 0.0678. The molecule has 0 saturated carbocycles. The molecule has 27 heavy (non-hydrogen) atoms. The van der Waals surface area contributed by atoms with Gasteiger partial charge in [0.05, 0.1) is 12.6 Å². The van der Waals surface area contributed by atoms with Crippen molar-refractivity contribution in [2.24, 2.45) is 0 Å². The van der Waals surface area contributed by atoms with Crippen LogP contribution in [0.5, 0.6) is 11.5 Å². The van der Waals surface area contributed by atoms with Gasteiger partial charge in [0.15, 0.2) is 0 Å². The fraction of sp³-hybridized carbons (Fsp3) is 0.381. The highest BCUT2D eigenvalue weighted by molar-refractivity contribution is 5.94. The van der Waals surface area contributed by atoms with Crippen LogP contribution in [0.1, 0.15) is 23.2 Å².